The number of nitrogens with zero attached hydrogens (tertiary/aromatic N) is 5. The van der Waals surface area contributed by atoms with Crippen LogP contribution in [0, 0.1) is 5.92 Å². The van der Waals surface area contributed by atoms with Gasteiger partial charge in [0.25, 0.3) is 0 Å². The Morgan fingerprint density at radius 1 is 0.929 bits per heavy atom. The summed E-state index contributed by atoms with van der Waals surface area (Å²) in [5.41, 5.74) is 6.56. The Hall–Kier alpha value is -4.92. The Bertz CT molecular complexity index is 1680. The van der Waals surface area contributed by atoms with Crippen molar-refractivity contribution in [1.82, 2.24) is 30.5 Å². The molecule has 5 aromatic rings. The van der Waals surface area contributed by atoms with Crippen LogP contribution in [-0.2, 0) is 16.1 Å². The van der Waals surface area contributed by atoms with E-state index in [1.807, 2.05) is 75.4 Å². The summed E-state index contributed by atoms with van der Waals surface area (Å²) in [6, 6.07) is 23.3. The number of fused-ring (bicyclic) bond motifs is 1. The highest BCUT2D eigenvalue weighted by Gasteiger charge is 2.32. The van der Waals surface area contributed by atoms with Gasteiger partial charge in [0.05, 0.1) is 5.52 Å². The second-order valence-electron chi connectivity index (χ2n) is 10.8. The molecular weight excluding hydrogens is 528 g/mol. The van der Waals surface area contributed by atoms with Gasteiger partial charge in [0.15, 0.2) is 0 Å². The van der Waals surface area contributed by atoms with E-state index >= 15 is 0 Å². The summed E-state index contributed by atoms with van der Waals surface area (Å²) in [7, 11) is 0. The number of rotatable bonds is 11. The largest absolute Gasteiger partial charge is 0.480 e. The van der Waals surface area contributed by atoms with E-state index in [2.05, 4.69) is 43.8 Å². The number of aromatic nitrogens is 5. The van der Waals surface area contributed by atoms with Gasteiger partial charge in [-0.15, -0.1) is 10.2 Å². The first-order valence-electron chi connectivity index (χ1n) is 14.2. The molecule has 214 valence electrons. The summed E-state index contributed by atoms with van der Waals surface area (Å²) < 4.78 is 0. The molecule has 9 heteroatoms. The van der Waals surface area contributed by atoms with Crippen LogP contribution < -0.4 is 0 Å². The number of tetrazole rings is 1. The highest BCUT2D eigenvalue weighted by Crippen LogP contribution is 2.35. The number of carboxylic acids is 1. The van der Waals surface area contributed by atoms with Crippen LogP contribution in [0.5, 0.6) is 0 Å². The zero-order valence-electron chi connectivity index (χ0n) is 24.0. The van der Waals surface area contributed by atoms with Crippen molar-refractivity contribution in [2.45, 2.75) is 52.6 Å². The number of hydrogen-bond acceptors (Lipinski definition) is 6. The lowest BCUT2D eigenvalue weighted by atomic mass is 9.93. The van der Waals surface area contributed by atoms with Gasteiger partial charge in [0, 0.05) is 30.1 Å². The van der Waals surface area contributed by atoms with Crippen molar-refractivity contribution in [2.24, 2.45) is 5.92 Å². The number of unbranched alkanes of at least 4 members (excludes halogenated alkanes) is 1. The minimum atomic E-state index is -0.988. The van der Waals surface area contributed by atoms with E-state index in [4.69, 9.17) is 0 Å². The van der Waals surface area contributed by atoms with Crippen LogP contribution >= 0.6 is 0 Å². The van der Waals surface area contributed by atoms with Crippen LogP contribution in [0.15, 0.2) is 79.0 Å². The van der Waals surface area contributed by atoms with Gasteiger partial charge >= 0.3 is 5.97 Å². The third-order valence-electron chi connectivity index (χ3n) is 7.44. The highest BCUT2D eigenvalue weighted by molar-refractivity contribution is 5.88. The molecule has 3 aromatic carbocycles. The molecule has 0 aliphatic heterocycles. The fourth-order valence-electron chi connectivity index (χ4n) is 5.27. The lowest BCUT2D eigenvalue weighted by Gasteiger charge is -2.32. The van der Waals surface area contributed by atoms with Crippen molar-refractivity contribution in [1.29, 1.82) is 0 Å². The van der Waals surface area contributed by atoms with E-state index in [0.29, 0.717) is 12.2 Å². The Morgan fingerprint density at radius 2 is 1.67 bits per heavy atom. The zero-order chi connectivity index (χ0) is 29.6. The molecule has 2 heterocycles. The second-order valence-corrected chi connectivity index (χ2v) is 10.8. The van der Waals surface area contributed by atoms with E-state index in [1.54, 1.807) is 6.20 Å². The Morgan fingerprint density at radius 3 is 2.36 bits per heavy atom. The standard InChI is InChI=1S/C33H34N6O3/c1-4-5-8-30(40)39(31(21(2)3)33(41)42)20-22-9-11-23(12-10-22)28-19-25(13-15-27(28)32-35-37-38-36-32)24-14-16-29-26(18-24)7-6-17-34-29/h6-7,9-19,21,31H,4-5,8,20H2,1-3H3,(H,41,42)(H,35,36,37,38). The third-order valence-corrected chi connectivity index (χ3v) is 7.44. The quantitative estimate of drug-likeness (QED) is 0.191. The van der Waals surface area contributed by atoms with E-state index in [-0.39, 0.29) is 18.4 Å². The lowest BCUT2D eigenvalue weighted by Crippen LogP contribution is -2.47. The number of pyridine rings is 1. The van der Waals surface area contributed by atoms with Crippen molar-refractivity contribution < 1.29 is 14.7 Å². The summed E-state index contributed by atoms with van der Waals surface area (Å²) in [4.78, 5) is 31.2. The lowest BCUT2D eigenvalue weighted by molar-refractivity contribution is -0.153. The molecule has 1 atom stereocenters. The van der Waals surface area contributed by atoms with E-state index in [1.165, 1.54) is 4.90 Å². The van der Waals surface area contributed by atoms with Crippen LogP contribution in [0.3, 0.4) is 0 Å². The average molecular weight is 563 g/mol. The molecule has 0 fully saturated rings. The monoisotopic (exact) mass is 562 g/mol. The number of nitrogens with one attached hydrogen (secondary N) is 1. The van der Waals surface area contributed by atoms with Crippen LogP contribution in [-0.4, -0.2) is 53.5 Å². The molecule has 1 unspecified atom stereocenters. The SMILES string of the molecule is CCCCC(=O)N(Cc1ccc(-c2cc(-c3ccc4ncccc4c3)ccc2-c2nn[nH]n2)cc1)C(C(=O)O)C(C)C. The zero-order valence-corrected chi connectivity index (χ0v) is 24.0. The number of carbonyl (C=O) groups excluding carboxylic acids is 1. The number of hydrogen-bond donors (Lipinski definition) is 2. The summed E-state index contributed by atoms with van der Waals surface area (Å²) in [5, 5.41) is 25.7. The molecule has 2 N–H and O–H groups in total. The van der Waals surface area contributed by atoms with Gasteiger partial charge in [-0.25, -0.2) is 4.79 Å². The van der Waals surface area contributed by atoms with Gasteiger partial charge < -0.3 is 10.0 Å². The maximum Gasteiger partial charge on any atom is 0.326 e. The number of carboxylic acid groups (broad SMARTS) is 1. The molecule has 9 nitrogen and oxygen atoms in total. The number of aromatic amines is 1. The van der Waals surface area contributed by atoms with Crippen LogP contribution in [0.25, 0.3) is 44.5 Å². The molecule has 0 spiro atoms. The van der Waals surface area contributed by atoms with Gasteiger partial charge in [0.1, 0.15) is 6.04 Å². The number of amides is 1. The summed E-state index contributed by atoms with van der Waals surface area (Å²) in [5.74, 6) is -0.868. The van der Waals surface area contributed by atoms with E-state index in [0.717, 1.165) is 57.1 Å². The van der Waals surface area contributed by atoms with Crippen molar-refractivity contribution in [3.05, 3.63) is 84.6 Å². The number of H-pyrrole nitrogens is 1. The fourth-order valence-corrected chi connectivity index (χ4v) is 5.27. The molecule has 0 saturated heterocycles. The van der Waals surface area contributed by atoms with Crippen LogP contribution in [0.4, 0.5) is 0 Å². The fraction of sp³-hybridized carbons (Fsp3) is 0.273. The molecule has 2 aromatic heterocycles. The van der Waals surface area contributed by atoms with Crippen molar-refractivity contribution >= 4 is 22.8 Å². The molecular formula is C33H34N6O3. The minimum absolute atomic E-state index is 0.139. The maximum atomic E-state index is 13.1. The summed E-state index contributed by atoms with van der Waals surface area (Å²) >= 11 is 0. The topological polar surface area (TPSA) is 125 Å². The molecule has 5 rings (SSSR count). The number of aliphatic carboxylic acids is 1. The predicted molar refractivity (Wildman–Crippen MR) is 162 cm³/mol. The maximum absolute atomic E-state index is 13.1. The molecule has 0 bridgehead atoms. The van der Waals surface area contributed by atoms with E-state index < -0.39 is 12.0 Å². The highest BCUT2D eigenvalue weighted by atomic mass is 16.4. The van der Waals surface area contributed by atoms with Crippen molar-refractivity contribution in [3.63, 3.8) is 0 Å². The predicted octanol–water partition coefficient (Wildman–Crippen LogP) is 6.38. The van der Waals surface area contributed by atoms with Gasteiger partial charge in [-0.05, 0) is 75.7 Å². The summed E-state index contributed by atoms with van der Waals surface area (Å²) in [6.07, 6.45) is 3.71. The first kappa shape index (κ1) is 28.6. The molecule has 0 aliphatic rings. The Balaban J connectivity index is 1.50. The smallest absolute Gasteiger partial charge is 0.326 e. The summed E-state index contributed by atoms with van der Waals surface area (Å²) in [6.45, 7) is 5.91. The molecule has 0 saturated carbocycles. The number of carbonyl (C=O) groups is 2. The third kappa shape index (κ3) is 6.20. The van der Waals surface area contributed by atoms with Gasteiger partial charge in [-0.2, -0.15) is 5.21 Å². The Kier molecular flexibility index (Phi) is 8.66. The first-order valence-corrected chi connectivity index (χ1v) is 14.2. The molecule has 42 heavy (non-hydrogen) atoms. The van der Waals surface area contributed by atoms with Gasteiger partial charge in [-0.1, -0.05) is 69.7 Å². The Labute approximate surface area is 244 Å². The van der Waals surface area contributed by atoms with Gasteiger partial charge in [0.2, 0.25) is 11.7 Å². The average Bonchev–Trinajstić information content (AvgIpc) is 3.54. The van der Waals surface area contributed by atoms with Crippen LogP contribution in [0.1, 0.15) is 45.6 Å². The van der Waals surface area contributed by atoms with Gasteiger partial charge in [-0.3, -0.25) is 9.78 Å². The molecule has 0 radical (unpaired) electrons. The van der Waals surface area contributed by atoms with E-state index in [9.17, 15) is 14.7 Å². The molecule has 0 aliphatic carbocycles. The van der Waals surface area contributed by atoms with Crippen LogP contribution in [0.2, 0.25) is 0 Å². The second kappa shape index (κ2) is 12.7. The number of benzene rings is 3. The normalized spacial score (nSPS) is 12.0. The van der Waals surface area contributed by atoms with Crippen molar-refractivity contribution in [3.8, 4) is 33.6 Å². The molecule has 1 amide bonds. The minimum Gasteiger partial charge on any atom is -0.480 e. The van der Waals surface area contributed by atoms with Crippen molar-refractivity contribution in [2.75, 3.05) is 0 Å². The first-order chi connectivity index (χ1) is 20.4.